The lowest BCUT2D eigenvalue weighted by atomic mass is 9.87. The zero-order valence-corrected chi connectivity index (χ0v) is 10.5. The average molecular weight is 265 g/mol. The number of Topliss-reactive ketones (excluding diaryl/α,β-unsaturated/α-hetero) is 1. The molecule has 0 bridgehead atoms. The molecule has 0 saturated carbocycles. The molecule has 1 heterocycles. The van der Waals surface area contributed by atoms with Crippen molar-refractivity contribution < 1.29 is 24.9 Å². The van der Waals surface area contributed by atoms with Gasteiger partial charge in [-0.2, -0.15) is 11.8 Å². The van der Waals surface area contributed by atoms with E-state index in [0.29, 0.717) is 12.2 Å². The Bertz CT molecular complexity index is 277. The molecule has 17 heavy (non-hydrogen) atoms. The molecule has 0 aliphatic carbocycles. The zero-order chi connectivity index (χ0) is 13.1. The molecule has 1 rings (SSSR count). The Kier molecular flexibility index (Phi) is 5.36. The number of nitrogens with two attached hydrogens (primary N) is 1. The minimum absolute atomic E-state index is 0.178. The highest BCUT2D eigenvalue weighted by molar-refractivity contribution is 7.98. The molecule has 0 aromatic rings. The smallest absolute Gasteiger partial charge is 0.186 e. The van der Waals surface area contributed by atoms with Gasteiger partial charge in [-0.25, -0.2) is 0 Å². The molecule has 1 fully saturated rings. The van der Waals surface area contributed by atoms with Crippen LogP contribution >= 0.6 is 11.8 Å². The number of ketones is 1. The Morgan fingerprint density at radius 2 is 2.29 bits per heavy atom. The van der Waals surface area contributed by atoms with Crippen molar-refractivity contribution in [1.29, 1.82) is 0 Å². The maximum atomic E-state index is 12.1. The molecule has 0 aromatic carbocycles. The number of carbonyl (C=O) groups is 1. The van der Waals surface area contributed by atoms with Crippen molar-refractivity contribution in [2.75, 3.05) is 25.2 Å². The maximum Gasteiger partial charge on any atom is 0.186 e. The van der Waals surface area contributed by atoms with Crippen molar-refractivity contribution >= 4 is 17.5 Å². The lowest BCUT2D eigenvalue weighted by Gasteiger charge is -2.30. The number of aliphatic hydroxyl groups is 3. The Labute approximate surface area is 104 Å². The molecule has 1 saturated heterocycles. The van der Waals surface area contributed by atoms with E-state index < -0.39 is 36.2 Å². The summed E-state index contributed by atoms with van der Waals surface area (Å²) in [5, 5.41) is 28.4. The van der Waals surface area contributed by atoms with Crippen molar-refractivity contribution in [1.82, 2.24) is 0 Å². The van der Waals surface area contributed by atoms with Gasteiger partial charge in [-0.05, 0) is 18.4 Å². The van der Waals surface area contributed by atoms with Gasteiger partial charge in [0, 0.05) is 0 Å². The molecular weight excluding hydrogens is 246 g/mol. The first-order valence-corrected chi connectivity index (χ1v) is 6.78. The van der Waals surface area contributed by atoms with Gasteiger partial charge in [-0.3, -0.25) is 4.79 Å². The fourth-order valence-corrected chi connectivity index (χ4v) is 2.33. The van der Waals surface area contributed by atoms with Gasteiger partial charge >= 0.3 is 0 Å². The number of ether oxygens (including phenoxy) is 1. The van der Waals surface area contributed by atoms with E-state index in [0.717, 1.165) is 0 Å². The lowest BCUT2D eigenvalue weighted by molar-refractivity contribution is -0.156. The summed E-state index contributed by atoms with van der Waals surface area (Å²) in [4.78, 5) is 12.1. The van der Waals surface area contributed by atoms with Crippen LogP contribution in [-0.4, -0.2) is 70.2 Å². The first kappa shape index (κ1) is 14.9. The summed E-state index contributed by atoms with van der Waals surface area (Å²) >= 11 is 1.55. The van der Waals surface area contributed by atoms with Gasteiger partial charge in [-0.15, -0.1) is 0 Å². The molecule has 1 aliphatic heterocycles. The molecule has 0 radical (unpaired) electrons. The first-order chi connectivity index (χ1) is 7.99. The predicted molar refractivity (Wildman–Crippen MR) is 63.8 cm³/mol. The number of carbonyl (C=O) groups excluding carboxylic acids is 1. The van der Waals surface area contributed by atoms with Crippen molar-refractivity contribution in [2.24, 2.45) is 5.73 Å². The number of rotatable bonds is 6. The van der Waals surface area contributed by atoms with E-state index in [2.05, 4.69) is 0 Å². The summed E-state index contributed by atoms with van der Waals surface area (Å²) in [5.74, 6) is 0.144. The number of aliphatic hydroxyl groups excluding tert-OH is 3. The monoisotopic (exact) mass is 265 g/mol. The van der Waals surface area contributed by atoms with E-state index in [9.17, 15) is 20.1 Å². The highest BCUT2D eigenvalue weighted by Gasteiger charge is 2.55. The minimum Gasteiger partial charge on any atom is -0.393 e. The molecule has 5 N–H and O–H groups in total. The SMILES string of the molecule is CSCC[C@H](N)C(=O)C1(CO)OCC(O)C1O. The molecule has 1 aliphatic rings. The second kappa shape index (κ2) is 6.12. The third-order valence-electron chi connectivity index (χ3n) is 2.98. The maximum absolute atomic E-state index is 12.1. The Morgan fingerprint density at radius 1 is 1.65 bits per heavy atom. The summed E-state index contributed by atoms with van der Waals surface area (Å²) in [5.41, 5.74) is 3.94. The van der Waals surface area contributed by atoms with Crippen molar-refractivity contribution in [3.8, 4) is 0 Å². The fraction of sp³-hybridized carbons (Fsp3) is 0.900. The highest BCUT2D eigenvalue weighted by Crippen LogP contribution is 2.28. The minimum atomic E-state index is -1.77. The second-order valence-corrected chi connectivity index (χ2v) is 5.11. The third kappa shape index (κ3) is 2.81. The summed E-state index contributed by atoms with van der Waals surface area (Å²) < 4.78 is 5.09. The largest absolute Gasteiger partial charge is 0.393 e. The van der Waals surface area contributed by atoms with Gasteiger partial charge in [0.15, 0.2) is 11.4 Å². The molecule has 100 valence electrons. The third-order valence-corrected chi connectivity index (χ3v) is 3.62. The van der Waals surface area contributed by atoms with Gasteiger partial charge in [-0.1, -0.05) is 0 Å². The standard InChI is InChI=1S/C10H19NO5S/c1-17-3-2-6(11)8(14)10(5-12)9(15)7(13)4-16-10/h6-7,9,12-13,15H,2-5,11H2,1H3/t6-,7?,9?,10?/m0/s1. The quantitative estimate of drug-likeness (QED) is 0.444. The van der Waals surface area contributed by atoms with E-state index in [1.165, 1.54) is 0 Å². The normalized spacial score (nSPS) is 34.9. The van der Waals surface area contributed by atoms with Crippen molar-refractivity contribution in [2.45, 2.75) is 30.3 Å². The highest BCUT2D eigenvalue weighted by atomic mass is 32.2. The van der Waals surface area contributed by atoms with Gasteiger partial charge < -0.3 is 25.8 Å². The Balaban J connectivity index is 2.76. The van der Waals surface area contributed by atoms with Crippen LogP contribution in [0.5, 0.6) is 0 Å². The molecule has 3 unspecified atom stereocenters. The molecular formula is C10H19NO5S. The van der Waals surface area contributed by atoms with Crippen LogP contribution in [0.25, 0.3) is 0 Å². The summed E-state index contributed by atoms with van der Waals surface area (Å²) in [6.45, 7) is -0.861. The first-order valence-electron chi connectivity index (χ1n) is 5.39. The van der Waals surface area contributed by atoms with E-state index in [-0.39, 0.29) is 6.61 Å². The molecule has 0 aromatic heterocycles. The molecule has 4 atom stereocenters. The second-order valence-electron chi connectivity index (χ2n) is 4.12. The van der Waals surface area contributed by atoms with Gasteiger partial charge in [0.2, 0.25) is 0 Å². The lowest BCUT2D eigenvalue weighted by Crippen LogP contribution is -2.58. The van der Waals surface area contributed by atoms with Crippen LogP contribution in [-0.2, 0) is 9.53 Å². The van der Waals surface area contributed by atoms with Gasteiger partial charge in [0.1, 0.15) is 12.2 Å². The van der Waals surface area contributed by atoms with Crippen molar-refractivity contribution in [3.05, 3.63) is 0 Å². The Morgan fingerprint density at radius 3 is 2.71 bits per heavy atom. The predicted octanol–water partition coefficient (Wildman–Crippen LogP) is -1.88. The van der Waals surface area contributed by atoms with E-state index in [1.807, 2.05) is 6.26 Å². The molecule has 7 heteroatoms. The van der Waals surface area contributed by atoms with Crippen LogP contribution in [0, 0.1) is 0 Å². The zero-order valence-electron chi connectivity index (χ0n) is 9.70. The number of hydrogen-bond acceptors (Lipinski definition) is 7. The van der Waals surface area contributed by atoms with E-state index in [1.54, 1.807) is 11.8 Å². The van der Waals surface area contributed by atoms with Crippen LogP contribution in [0.1, 0.15) is 6.42 Å². The van der Waals surface area contributed by atoms with Gasteiger partial charge in [0.25, 0.3) is 0 Å². The van der Waals surface area contributed by atoms with Gasteiger partial charge in [0.05, 0.1) is 19.3 Å². The Hall–Kier alpha value is -0.180. The van der Waals surface area contributed by atoms with Crippen LogP contribution in [0.4, 0.5) is 0 Å². The fourth-order valence-electron chi connectivity index (χ4n) is 1.85. The van der Waals surface area contributed by atoms with Crippen LogP contribution in [0.2, 0.25) is 0 Å². The average Bonchev–Trinajstić information content (AvgIpc) is 2.63. The van der Waals surface area contributed by atoms with Crippen LogP contribution < -0.4 is 5.73 Å². The number of hydrogen-bond donors (Lipinski definition) is 4. The molecule has 0 amide bonds. The molecule has 6 nitrogen and oxygen atoms in total. The van der Waals surface area contributed by atoms with E-state index in [4.69, 9.17) is 10.5 Å². The van der Waals surface area contributed by atoms with Crippen LogP contribution in [0.3, 0.4) is 0 Å². The topological polar surface area (TPSA) is 113 Å². The number of thioether (sulfide) groups is 1. The van der Waals surface area contributed by atoms with E-state index >= 15 is 0 Å². The summed E-state index contributed by atoms with van der Waals surface area (Å²) in [6, 6.07) is -0.811. The molecule has 0 spiro atoms. The van der Waals surface area contributed by atoms with Crippen molar-refractivity contribution in [3.63, 3.8) is 0 Å². The van der Waals surface area contributed by atoms with Crippen LogP contribution in [0.15, 0.2) is 0 Å². The summed E-state index contributed by atoms with van der Waals surface area (Å²) in [6.07, 6.45) is -0.267. The summed E-state index contributed by atoms with van der Waals surface area (Å²) in [7, 11) is 0.